The number of nitrogens with zero attached hydrogens (tertiary/aromatic N) is 2. The van der Waals surface area contributed by atoms with Gasteiger partial charge in [0.25, 0.3) is 0 Å². The van der Waals surface area contributed by atoms with E-state index >= 15 is 0 Å². The first-order chi connectivity index (χ1) is 16.4. The van der Waals surface area contributed by atoms with Crippen molar-refractivity contribution >= 4 is 11.6 Å². The van der Waals surface area contributed by atoms with E-state index in [0.29, 0.717) is 44.0 Å². The molecule has 3 fully saturated rings. The number of hydrogen-bond donors (Lipinski definition) is 1. The standard InChI is InChI=1S/C22H30F3N3O2.2C2H6/c23-22(24,25)17-2-1-3-20(15-17)27-8-10-28(11-9-27)21(29)16-4-5-19(14-16)26-18-6-12-30-13-7-18;2*1-2/h1-3,15-16,18-19,26H,4-14H2;2*1-2H3/t16-,19?;;/m0../s1. The Morgan fingerprint density at radius 3 is 2.21 bits per heavy atom. The smallest absolute Gasteiger partial charge is 0.381 e. The van der Waals surface area contributed by atoms with Gasteiger partial charge in [-0.1, -0.05) is 33.8 Å². The van der Waals surface area contributed by atoms with Gasteiger partial charge in [-0.3, -0.25) is 4.79 Å². The molecule has 2 atom stereocenters. The molecule has 8 heteroatoms. The van der Waals surface area contributed by atoms with Gasteiger partial charge in [-0.25, -0.2) is 0 Å². The number of benzene rings is 1. The average molecular weight is 486 g/mol. The molecular weight excluding hydrogens is 443 g/mol. The fourth-order valence-corrected chi connectivity index (χ4v) is 4.88. The summed E-state index contributed by atoms with van der Waals surface area (Å²) >= 11 is 0. The van der Waals surface area contributed by atoms with Crippen molar-refractivity contribution in [2.24, 2.45) is 5.92 Å². The predicted octanol–water partition coefficient (Wildman–Crippen LogP) is 5.34. The lowest BCUT2D eigenvalue weighted by Crippen LogP contribution is -2.50. The van der Waals surface area contributed by atoms with E-state index in [2.05, 4.69) is 5.32 Å². The van der Waals surface area contributed by atoms with Crippen LogP contribution in [0.1, 0.15) is 65.4 Å². The highest BCUT2D eigenvalue weighted by atomic mass is 19.4. The first-order valence-electron chi connectivity index (χ1n) is 12.9. The molecule has 2 aliphatic heterocycles. The summed E-state index contributed by atoms with van der Waals surface area (Å²) in [7, 11) is 0. The molecule has 0 aromatic heterocycles. The molecule has 1 N–H and O–H groups in total. The molecule has 0 bridgehead atoms. The zero-order valence-electron chi connectivity index (χ0n) is 21.2. The second kappa shape index (κ2) is 13.9. The molecule has 2 heterocycles. The molecule has 2 saturated heterocycles. The molecule has 1 aromatic carbocycles. The van der Waals surface area contributed by atoms with Gasteiger partial charge < -0.3 is 19.9 Å². The number of halogens is 3. The number of amides is 1. The van der Waals surface area contributed by atoms with Gasteiger partial charge >= 0.3 is 6.18 Å². The molecule has 194 valence electrons. The normalized spacial score (nSPS) is 23.5. The SMILES string of the molecule is CC.CC.O=C([C@H]1CCC(NC2CCOCC2)C1)N1CCN(c2cccc(C(F)(F)F)c2)CC1. The van der Waals surface area contributed by atoms with Gasteiger partial charge in [-0.15, -0.1) is 0 Å². The summed E-state index contributed by atoms with van der Waals surface area (Å²) < 4.78 is 44.3. The first kappa shape index (κ1) is 28.4. The van der Waals surface area contributed by atoms with Crippen molar-refractivity contribution in [1.29, 1.82) is 0 Å². The molecule has 4 rings (SSSR count). The van der Waals surface area contributed by atoms with Gasteiger partial charge in [0.05, 0.1) is 5.56 Å². The van der Waals surface area contributed by atoms with Gasteiger partial charge in [-0.2, -0.15) is 13.2 Å². The molecule has 1 aliphatic carbocycles. The van der Waals surface area contributed by atoms with Crippen LogP contribution < -0.4 is 10.2 Å². The van der Waals surface area contributed by atoms with Crippen molar-refractivity contribution in [3.05, 3.63) is 29.8 Å². The number of ether oxygens (including phenoxy) is 1. The van der Waals surface area contributed by atoms with Crippen LogP contribution in [-0.2, 0) is 15.7 Å². The Morgan fingerprint density at radius 2 is 1.59 bits per heavy atom. The Hall–Kier alpha value is -1.80. The number of rotatable bonds is 4. The molecule has 0 spiro atoms. The highest BCUT2D eigenvalue weighted by Crippen LogP contribution is 2.32. The third kappa shape index (κ3) is 7.87. The van der Waals surface area contributed by atoms with Crippen LogP contribution in [0, 0.1) is 5.92 Å². The minimum atomic E-state index is -4.34. The van der Waals surface area contributed by atoms with Gasteiger partial charge in [0.1, 0.15) is 0 Å². The molecule has 3 aliphatic rings. The van der Waals surface area contributed by atoms with Crippen molar-refractivity contribution in [2.45, 2.75) is 78.1 Å². The van der Waals surface area contributed by atoms with E-state index in [1.54, 1.807) is 6.07 Å². The van der Waals surface area contributed by atoms with E-state index in [-0.39, 0.29) is 11.8 Å². The van der Waals surface area contributed by atoms with E-state index in [1.165, 1.54) is 12.1 Å². The summed E-state index contributed by atoms with van der Waals surface area (Å²) in [6, 6.07) is 6.33. The van der Waals surface area contributed by atoms with Crippen molar-refractivity contribution in [3.8, 4) is 0 Å². The number of carbonyl (C=O) groups excluding carboxylic acids is 1. The number of alkyl halides is 3. The summed E-state index contributed by atoms with van der Waals surface area (Å²) in [6.07, 6.45) is 0.542. The van der Waals surface area contributed by atoms with Crippen LogP contribution in [0.5, 0.6) is 0 Å². The van der Waals surface area contributed by atoms with Crippen LogP contribution in [0.4, 0.5) is 18.9 Å². The van der Waals surface area contributed by atoms with Gasteiger partial charge in [0.2, 0.25) is 5.91 Å². The number of anilines is 1. The van der Waals surface area contributed by atoms with Crippen LogP contribution >= 0.6 is 0 Å². The van der Waals surface area contributed by atoms with Crippen LogP contribution in [-0.4, -0.2) is 62.3 Å². The summed E-state index contributed by atoms with van der Waals surface area (Å²) in [6.45, 7) is 11.9. The Kier molecular flexibility index (Phi) is 11.6. The number of hydrogen-bond acceptors (Lipinski definition) is 4. The van der Waals surface area contributed by atoms with Crippen LogP contribution in [0.2, 0.25) is 0 Å². The molecular formula is C26H42F3N3O2. The zero-order chi connectivity index (χ0) is 25.1. The molecule has 5 nitrogen and oxygen atoms in total. The first-order valence-corrected chi connectivity index (χ1v) is 12.9. The number of carbonyl (C=O) groups is 1. The van der Waals surface area contributed by atoms with Crippen molar-refractivity contribution in [2.75, 3.05) is 44.3 Å². The summed E-state index contributed by atoms with van der Waals surface area (Å²) in [5.41, 5.74) is -0.0638. The maximum Gasteiger partial charge on any atom is 0.416 e. The number of nitrogens with one attached hydrogen (secondary N) is 1. The molecule has 0 radical (unpaired) electrons. The van der Waals surface area contributed by atoms with E-state index in [1.807, 2.05) is 37.5 Å². The lowest BCUT2D eigenvalue weighted by atomic mass is 10.0. The third-order valence-electron chi connectivity index (χ3n) is 6.60. The summed E-state index contributed by atoms with van der Waals surface area (Å²) in [5, 5.41) is 3.70. The topological polar surface area (TPSA) is 44.8 Å². The van der Waals surface area contributed by atoms with Crippen LogP contribution in [0.25, 0.3) is 0 Å². The molecule has 1 amide bonds. The zero-order valence-corrected chi connectivity index (χ0v) is 21.2. The highest BCUT2D eigenvalue weighted by molar-refractivity contribution is 5.79. The summed E-state index contributed by atoms with van der Waals surface area (Å²) in [4.78, 5) is 16.8. The summed E-state index contributed by atoms with van der Waals surface area (Å²) in [5.74, 6) is 0.261. The lowest BCUT2D eigenvalue weighted by molar-refractivity contribution is -0.137. The quantitative estimate of drug-likeness (QED) is 0.625. The van der Waals surface area contributed by atoms with Crippen molar-refractivity contribution in [3.63, 3.8) is 0 Å². The predicted molar refractivity (Wildman–Crippen MR) is 131 cm³/mol. The Balaban J connectivity index is 0.000000970. The lowest BCUT2D eigenvalue weighted by Gasteiger charge is -2.37. The second-order valence-corrected chi connectivity index (χ2v) is 8.62. The maximum absolute atomic E-state index is 13.0. The van der Waals surface area contributed by atoms with Gasteiger partial charge in [0, 0.05) is 63.1 Å². The largest absolute Gasteiger partial charge is 0.416 e. The van der Waals surface area contributed by atoms with Gasteiger partial charge in [0.15, 0.2) is 0 Å². The van der Waals surface area contributed by atoms with E-state index < -0.39 is 11.7 Å². The van der Waals surface area contributed by atoms with Gasteiger partial charge in [-0.05, 0) is 50.3 Å². The minimum Gasteiger partial charge on any atom is -0.381 e. The second-order valence-electron chi connectivity index (χ2n) is 8.62. The molecule has 1 aromatic rings. The molecule has 1 unspecified atom stereocenters. The van der Waals surface area contributed by atoms with Crippen molar-refractivity contribution in [1.82, 2.24) is 10.2 Å². The monoisotopic (exact) mass is 485 g/mol. The van der Waals surface area contributed by atoms with Crippen LogP contribution in [0.15, 0.2) is 24.3 Å². The van der Waals surface area contributed by atoms with Crippen LogP contribution in [0.3, 0.4) is 0 Å². The Morgan fingerprint density at radius 1 is 0.941 bits per heavy atom. The minimum absolute atomic E-state index is 0.0578. The van der Waals surface area contributed by atoms with Crippen molar-refractivity contribution < 1.29 is 22.7 Å². The molecule has 1 saturated carbocycles. The third-order valence-corrected chi connectivity index (χ3v) is 6.60. The maximum atomic E-state index is 13.0. The van der Waals surface area contributed by atoms with E-state index in [0.717, 1.165) is 51.4 Å². The number of piperazine rings is 1. The average Bonchev–Trinajstić information content (AvgIpc) is 3.35. The fraction of sp³-hybridized carbons (Fsp3) is 0.731. The molecule has 34 heavy (non-hydrogen) atoms. The Labute approximate surface area is 203 Å². The highest BCUT2D eigenvalue weighted by Gasteiger charge is 2.35. The van der Waals surface area contributed by atoms with E-state index in [9.17, 15) is 18.0 Å². The van der Waals surface area contributed by atoms with E-state index in [4.69, 9.17) is 4.74 Å². The fourth-order valence-electron chi connectivity index (χ4n) is 4.88. The Bertz CT molecular complexity index is 730.